The molecule has 6 heteroatoms. The lowest BCUT2D eigenvalue weighted by Gasteiger charge is -2.13. The van der Waals surface area contributed by atoms with Crippen LogP contribution in [-0.2, 0) is 13.0 Å². The molecule has 148 valence electrons. The lowest BCUT2D eigenvalue weighted by atomic mass is 10.1. The lowest BCUT2D eigenvalue weighted by molar-refractivity contribution is 0.0950. The summed E-state index contributed by atoms with van der Waals surface area (Å²) in [5.74, 6) is -1.16. The minimum absolute atomic E-state index is 0.0466. The van der Waals surface area contributed by atoms with E-state index in [2.05, 4.69) is 15.6 Å². The second kappa shape index (κ2) is 9.10. The quantitative estimate of drug-likeness (QED) is 0.659. The monoisotopic (exact) mass is 391 g/mol. The Kier molecular flexibility index (Phi) is 6.34. The summed E-state index contributed by atoms with van der Waals surface area (Å²) in [6, 6.07) is 13.6. The van der Waals surface area contributed by atoms with Crippen LogP contribution in [0.25, 0.3) is 0 Å². The predicted octanol–water partition coefficient (Wildman–Crippen LogP) is 4.27. The number of aryl methyl sites for hydroxylation is 2. The second-order valence-electron chi connectivity index (χ2n) is 6.65. The highest BCUT2D eigenvalue weighted by molar-refractivity contribution is 6.06. The molecule has 3 rings (SSSR count). The van der Waals surface area contributed by atoms with Gasteiger partial charge in [-0.25, -0.2) is 4.39 Å². The number of nitrogens with zero attached hydrogens (tertiary/aromatic N) is 1. The summed E-state index contributed by atoms with van der Waals surface area (Å²) in [6.45, 7) is 4.00. The van der Waals surface area contributed by atoms with E-state index in [0.29, 0.717) is 5.56 Å². The molecular formula is C23H22FN3O2. The Morgan fingerprint density at radius 2 is 1.66 bits per heavy atom. The van der Waals surface area contributed by atoms with Gasteiger partial charge in [0, 0.05) is 30.2 Å². The maximum atomic E-state index is 13.7. The summed E-state index contributed by atoms with van der Waals surface area (Å²) in [7, 11) is 0. The van der Waals surface area contributed by atoms with Gasteiger partial charge in [0.25, 0.3) is 11.8 Å². The van der Waals surface area contributed by atoms with Crippen LogP contribution in [0.1, 0.15) is 44.3 Å². The molecule has 0 atom stereocenters. The van der Waals surface area contributed by atoms with Crippen molar-refractivity contribution < 1.29 is 14.0 Å². The summed E-state index contributed by atoms with van der Waals surface area (Å²) in [6.07, 6.45) is 3.57. The number of carbonyl (C=O) groups is 2. The summed E-state index contributed by atoms with van der Waals surface area (Å²) < 4.78 is 13.7. The van der Waals surface area contributed by atoms with Crippen molar-refractivity contribution in [1.82, 2.24) is 10.3 Å². The number of halogens is 1. The van der Waals surface area contributed by atoms with Gasteiger partial charge in [0.15, 0.2) is 0 Å². The van der Waals surface area contributed by atoms with E-state index in [9.17, 15) is 14.0 Å². The van der Waals surface area contributed by atoms with Crippen molar-refractivity contribution in [2.45, 2.75) is 26.8 Å². The van der Waals surface area contributed by atoms with Crippen LogP contribution in [-0.4, -0.2) is 16.8 Å². The average molecular weight is 391 g/mol. The molecule has 0 unspecified atom stereocenters. The van der Waals surface area contributed by atoms with E-state index < -0.39 is 5.91 Å². The minimum atomic E-state index is -0.430. The predicted molar refractivity (Wildman–Crippen MR) is 110 cm³/mol. The summed E-state index contributed by atoms with van der Waals surface area (Å²) in [4.78, 5) is 29.1. The van der Waals surface area contributed by atoms with Crippen LogP contribution >= 0.6 is 0 Å². The Morgan fingerprint density at radius 1 is 0.966 bits per heavy atom. The zero-order valence-electron chi connectivity index (χ0n) is 16.3. The largest absolute Gasteiger partial charge is 0.348 e. The highest BCUT2D eigenvalue weighted by Crippen LogP contribution is 2.22. The number of para-hydroxylation sites is 1. The van der Waals surface area contributed by atoms with Gasteiger partial charge < -0.3 is 10.6 Å². The van der Waals surface area contributed by atoms with Crippen molar-refractivity contribution in [3.05, 3.63) is 94.6 Å². The van der Waals surface area contributed by atoms with Crippen LogP contribution in [0.3, 0.4) is 0 Å². The van der Waals surface area contributed by atoms with Crippen LogP contribution in [0.15, 0.2) is 60.9 Å². The number of amides is 2. The summed E-state index contributed by atoms with van der Waals surface area (Å²) >= 11 is 0. The van der Waals surface area contributed by atoms with E-state index in [0.717, 1.165) is 23.2 Å². The molecule has 29 heavy (non-hydrogen) atoms. The first-order valence-electron chi connectivity index (χ1n) is 9.36. The summed E-state index contributed by atoms with van der Waals surface area (Å²) in [5.41, 5.74) is 3.65. The lowest BCUT2D eigenvalue weighted by Crippen LogP contribution is -2.24. The highest BCUT2D eigenvalue weighted by Gasteiger charge is 2.14. The van der Waals surface area contributed by atoms with Crippen molar-refractivity contribution >= 4 is 17.5 Å². The van der Waals surface area contributed by atoms with Crippen LogP contribution in [0.5, 0.6) is 0 Å². The van der Waals surface area contributed by atoms with E-state index in [1.807, 2.05) is 32.0 Å². The van der Waals surface area contributed by atoms with Crippen molar-refractivity contribution in [2.24, 2.45) is 0 Å². The van der Waals surface area contributed by atoms with E-state index in [4.69, 9.17) is 0 Å². The number of aromatic nitrogens is 1. The molecule has 2 N–H and O–H groups in total. The van der Waals surface area contributed by atoms with E-state index in [1.165, 1.54) is 24.5 Å². The molecule has 5 nitrogen and oxygen atoms in total. The number of rotatable bonds is 6. The molecule has 3 aromatic rings. The van der Waals surface area contributed by atoms with Crippen LogP contribution in [0.4, 0.5) is 10.1 Å². The molecular weight excluding hydrogens is 369 g/mol. The fraction of sp³-hybridized carbons (Fsp3) is 0.174. The van der Waals surface area contributed by atoms with E-state index in [-0.39, 0.29) is 29.4 Å². The molecule has 0 spiro atoms. The molecule has 1 heterocycles. The number of hydrogen-bond donors (Lipinski definition) is 2. The molecule has 0 bridgehead atoms. The fourth-order valence-electron chi connectivity index (χ4n) is 3.00. The molecule has 1 aromatic heterocycles. The SMILES string of the molecule is CCc1cccc(C)c1NC(=O)c1cncc(C(=O)NCc2ccccc2F)c1. The van der Waals surface area contributed by atoms with Gasteiger partial charge in [0.2, 0.25) is 0 Å². The molecule has 2 amide bonds. The Hall–Kier alpha value is -3.54. The Bertz CT molecular complexity index is 1050. The zero-order chi connectivity index (χ0) is 20.8. The van der Waals surface area contributed by atoms with E-state index in [1.54, 1.807) is 18.2 Å². The van der Waals surface area contributed by atoms with Crippen molar-refractivity contribution in [3.8, 4) is 0 Å². The first-order chi connectivity index (χ1) is 14.0. The van der Waals surface area contributed by atoms with Crippen molar-refractivity contribution in [2.75, 3.05) is 5.32 Å². The molecule has 0 aliphatic heterocycles. The number of hydrogen-bond acceptors (Lipinski definition) is 3. The fourth-order valence-corrected chi connectivity index (χ4v) is 3.00. The Morgan fingerprint density at radius 3 is 2.38 bits per heavy atom. The maximum Gasteiger partial charge on any atom is 0.257 e. The third kappa shape index (κ3) is 4.85. The van der Waals surface area contributed by atoms with Crippen LogP contribution in [0.2, 0.25) is 0 Å². The van der Waals surface area contributed by atoms with Crippen molar-refractivity contribution in [3.63, 3.8) is 0 Å². The minimum Gasteiger partial charge on any atom is -0.348 e. The molecule has 2 aromatic carbocycles. The highest BCUT2D eigenvalue weighted by atomic mass is 19.1. The standard InChI is InChI=1S/C23H22FN3O2/c1-3-16-9-6-7-15(2)21(16)27-23(29)19-11-18(12-25-13-19)22(28)26-14-17-8-4-5-10-20(17)24/h4-13H,3,14H2,1-2H3,(H,26,28)(H,27,29). The van der Waals surface area contributed by atoms with Gasteiger partial charge in [-0.15, -0.1) is 0 Å². The first kappa shape index (κ1) is 20.2. The molecule has 0 fully saturated rings. The molecule has 0 saturated carbocycles. The Labute approximate surface area is 169 Å². The zero-order valence-corrected chi connectivity index (χ0v) is 16.3. The van der Waals surface area contributed by atoms with Crippen LogP contribution < -0.4 is 10.6 Å². The van der Waals surface area contributed by atoms with E-state index >= 15 is 0 Å². The third-order valence-electron chi connectivity index (χ3n) is 4.64. The van der Waals surface area contributed by atoms with Crippen LogP contribution in [0, 0.1) is 12.7 Å². The number of nitrogens with one attached hydrogen (secondary N) is 2. The number of anilines is 1. The normalized spacial score (nSPS) is 10.4. The second-order valence-corrected chi connectivity index (χ2v) is 6.65. The third-order valence-corrected chi connectivity index (χ3v) is 4.64. The van der Waals surface area contributed by atoms with Gasteiger partial charge in [-0.3, -0.25) is 14.6 Å². The number of carbonyl (C=O) groups excluding carboxylic acids is 2. The molecule has 0 aliphatic carbocycles. The van der Waals surface area contributed by atoms with Gasteiger partial charge in [-0.1, -0.05) is 43.3 Å². The van der Waals surface area contributed by atoms with Gasteiger partial charge in [0.05, 0.1) is 11.1 Å². The molecule has 0 aliphatic rings. The smallest absolute Gasteiger partial charge is 0.257 e. The van der Waals surface area contributed by atoms with Gasteiger partial charge in [-0.2, -0.15) is 0 Å². The first-order valence-corrected chi connectivity index (χ1v) is 9.36. The topological polar surface area (TPSA) is 71.1 Å². The molecule has 0 saturated heterocycles. The maximum absolute atomic E-state index is 13.7. The number of benzene rings is 2. The number of pyridine rings is 1. The average Bonchev–Trinajstić information content (AvgIpc) is 2.74. The van der Waals surface area contributed by atoms with Gasteiger partial charge in [-0.05, 0) is 36.6 Å². The summed E-state index contributed by atoms with van der Waals surface area (Å²) in [5, 5.41) is 5.57. The van der Waals surface area contributed by atoms with Gasteiger partial charge >= 0.3 is 0 Å². The Balaban J connectivity index is 1.73. The van der Waals surface area contributed by atoms with Gasteiger partial charge in [0.1, 0.15) is 5.82 Å². The van der Waals surface area contributed by atoms with Crippen molar-refractivity contribution in [1.29, 1.82) is 0 Å². The molecule has 0 radical (unpaired) electrons.